The minimum atomic E-state index is -1.19. The van der Waals surface area contributed by atoms with E-state index < -0.39 is 17.2 Å². The Labute approximate surface area is 116 Å². The van der Waals surface area contributed by atoms with Gasteiger partial charge < -0.3 is 15.3 Å². The lowest BCUT2D eigenvalue weighted by molar-refractivity contribution is -0.179. The Morgan fingerprint density at radius 1 is 1.42 bits per heavy atom. The molecule has 0 saturated carbocycles. The molecule has 0 bridgehead atoms. The van der Waals surface area contributed by atoms with Gasteiger partial charge in [0.25, 0.3) is 0 Å². The first-order valence-electron chi connectivity index (χ1n) is 5.69. The van der Waals surface area contributed by atoms with Crippen LogP contribution in [0.2, 0.25) is 0 Å². The number of hydrogen-bond donors (Lipinski definition) is 1. The van der Waals surface area contributed by atoms with E-state index >= 15 is 0 Å². The van der Waals surface area contributed by atoms with E-state index in [4.69, 9.17) is 15.3 Å². The van der Waals surface area contributed by atoms with Crippen LogP contribution < -0.4 is 5.73 Å². The number of rotatable bonds is 4. The first-order chi connectivity index (χ1) is 8.60. The highest BCUT2D eigenvalue weighted by atomic mass is 32.1. The van der Waals surface area contributed by atoms with Crippen LogP contribution in [0.3, 0.4) is 0 Å². The van der Waals surface area contributed by atoms with E-state index in [-0.39, 0.29) is 0 Å². The van der Waals surface area contributed by atoms with E-state index in [2.05, 4.69) is 16.4 Å². The second-order valence-corrected chi connectivity index (χ2v) is 6.27. The van der Waals surface area contributed by atoms with Crippen LogP contribution in [0.1, 0.15) is 40.3 Å². The second kappa shape index (κ2) is 5.56. The summed E-state index contributed by atoms with van der Waals surface area (Å²) in [6, 6.07) is 0. The topological polar surface area (TPSA) is 86.8 Å². The average molecular weight is 284 g/mol. The summed E-state index contributed by atoms with van der Waals surface area (Å²) in [7, 11) is 0. The fourth-order valence-corrected chi connectivity index (χ4v) is 1.45. The molecule has 1 aromatic rings. The minimum absolute atomic E-state index is 0.420. The molecule has 0 aromatic carbocycles. The van der Waals surface area contributed by atoms with Gasteiger partial charge in [0.1, 0.15) is 11.3 Å². The number of hydrogen-bond acceptors (Lipinski definition) is 7. The van der Waals surface area contributed by atoms with Crippen molar-refractivity contribution in [2.24, 2.45) is 5.16 Å². The molecule has 105 valence electrons. The molecule has 0 aliphatic rings. The summed E-state index contributed by atoms with van der Waals surface area (Å²) >= 11 is 1.27. The van der Waals surface area contributed by atoms with E-state index in [9.17, 15) is 4.79 Å². The molecule has 1 aromatic heterocycles. The fraction of sp³-hybridized carbons (Fsp3) is 0.583. The fourth-order valence-electron chi connectivity index (χ4n) is 0.961. The zero-order valence-corrected chi connectivity index (χ0v) is 12.5. The number of carbonyl (C=O) groups excluding carboxylic acids is 1. The summed E-state index contributed by atoms with van der Waals surface area (Å²) in [4.78, 5) is 20.9. The number of nitrogen functional groups attached to an aromatic ring is 1. The Bertz CT molecular complexity index is 475. The molecule has 0 aliphatic heterocycles. The predicted molar refractivity (Wildman–Crippen MR) is 74.1 cm³/mol. The number of anilines is 1. The van der Waals surface area contributed by atoms with E-state index in [1.807, 2.05) is 0 Å². The Morgan fingerprint density at radius 3 is 2.53 bits per heavy atom. The molecule has 0 aliphatic carbocycles. The van der Waals surface area contributed by atoms with Gasteiger partial charge in [0, 0.05) is 5.38 Å². The van der Waals surface area contributed by atoms with Crippen LogP contribution in [0.15, 0.2) is 10.5 Å². The highest BCUT2D eigenvalue weighted by Gasteiger charge is 2.35. The summed E-state index contributed by atoms with van der Waals surface area (Å²) in [5, 5.41) is 5.72. The van der Waals surface area contributed by atoms with Gasteiger partial charge in [-0.3, -0.25) is 0 Å². The van der Waals surface area contributed by atoms with Gasteiger partial charge in [-0.05, 0) is 34.6 Å². The standard InChI is InChI=1S/C12H18N3O3S/c1-11(2,3)17-9(16)12(4,5)18-14-6-8-7-19-10(13)15-8/h7H,1-5H3,(H2,13,15). The molecular formula is C12H18N3O3S. The normalized spacial score (nSPS) is 12.7. The Hall–Kier alpha value is -1.63. The molecule has 1 heterocycles. The Kier molecular flexibility index (Phi) is 4.52. The maximum Gasteiger partial charge on any atom is 0.353 e. The number of ether oxygens (including phenoxy) is 1. The molecule has 0 atom stereocenters. The van der Waals surface area contributed by atoms with Gasteiger partial charge in [-0.25, -0.2) is 9.78 Å². The zero-order valence-electron chi connectivity index (χ0n) is 11.7. The number of esters is 1. The third kappa shape index (κ3) is 5.25. The lowest BCUT2D eigenvalue weighted by Crippen LogP contribution is -2.39. The quantitative estimate of drug-likeness (QED) is 0.519. The second-order valence-electron chi connectivity index (χ2n) is 5.38. The zero-order chi connectivity index (χ0) is 14.7. The van der Waals surface area contributed by atoms with E-state index in [0.717, 1.165) is 0 Å². The summed E-state index contributed by atoms with van der Waals surface area (Å²) in [6.07, 6.45) is 2.55. The Balaban J connectivity index is 2.59. The third-order valence-electron chi connectivity index (χ3n) is 1.85. The number of nitrogens with two attached hydrogens (primary N) is 1. The average Bonchev–Trinajstić information content (AvgIpc) is 2.61. The molecule has 1 rings (SSSR count). The van der Waals surface area contributed by atoms with Crippen molar-refractivity contribution in [2.75, 3.05) is 5.73 Å². The summed E-state index contributed by atoms with van der Waals surface area (Å²) < 4.78 is 5.22. The van der Waals surface area contributed by atoms with Gasteiger partial charge in [0.15, 0.2) is 11.3 Å². The van der Waals surface area contributed by atoms with E-state index in [0.29, 0.717) is 10.8 Å². The molecule has 0 saturated heterocycles. The number of carbonyl (C=O) groups is 1. The molecule has 7 heteroatoms. The van der Waals surface area contributed by atoms with Crippen LogP contribution in [0.25, 0.3) is 0 Å². The van der Waals surface area contributed by atoms with Crippen molar-refractivity contribution in [2.45, 2.75) is 45.8 Å². The number of aromatic nitrogens is 1. The Morgan fingerprint density at radius 2 is 2.05 bits per heavy atom. The van der Waals surface area contributed by atoms with Crippen molar-refractivity contribution in [1.29, 1.82) is 0 Å². The molecular weight excluding hydrogens is 266 g/mol. The molecule has 2 N–H and O–H groups in total. The first-order valence-corrected chi connectivity index (χ1v) is 6.57. The molecule has 0 amide bonds. The van der Waals surface area contributed by atoms with Crippen molar-refractivity contribution >= 4 is 28.7 Å². The van der Waals surface area contributed by atoms with Crippen LogP contribution in [-0.4, -0.2) is 28.4 Å². The van der Waals surface area contributed by atoms with Crippen LogP contribution in [0.5, 0.6) is 0 Å². The number of thiazole rings is 1. The lowest BCUT2D eigenvalue weighted by Gasteiger charge is -2.26. The van der Waals surface area contributed by atoms with Crippen molar-refractivity contribution in [3.05, 3.63) is 11.1 Å². The van der Waals surface area contributed by atoms with Crippen LogP contribution >= 0.6 is 11.3 Å². The smallest absolute Gasteiger partial charge is 0.353 e. The van der Waals surface area contributed by atoms with Crippen molar-refractivity contribution in [3.63, 3.8) is 0 Å². The largest absolute Gasteiger partial charge is 0.457 e. The highest BCUT2D eigenvalue weighted by molar-refractivity contribution is 7.13. The molecule has 19 heavy (non-hydrogen) atoms. The van der Waals surface area contributed by atoms with Gasteiger partial charge in [0.2, 0.25) is 5.60 Å². The van der Waals surface area contributed by atoms with Gasteiger partial charge >= 0.3 is 5.97 Å². The van der Waals surface area contributed by atoms with Crippen LogP contribution in [0.4, 0.5) is 5.13 Å². The summed E-state index contributed by atoms with van der Waals surface area (Å²) in [6.45, 7) is 8.50. The number of nitrogens with zero attached hydrogens (tertiary/aromatic N) is 2. The highest BCUT2D eigenvalue weighted by Crippen LogP contribution is 2.18. The summed E-state index contributed by atoms with van der Waals surface area (Å²) in [5.74, 6) is -0.497. The van der Waals surface area contributed by atoms with Gasteiger partial charge in [-0.15, -0.1) is 11.3 Å². The summed E-state index contributed by atoms with van der Waals surface area (Å²) in [5.41, 5.74) is 4.16. The van der Waals surface area contributed by atoms with E-state index in [1.165, 1.54) is 11.3 Å². The third-order valence-corrected chi connectivity index (χ3v) is 2.52. The molecule has 0 unspecified atom stereocenters. The molecule has 1 radical (unpaired) electrons. The molecule has 6 nitrogen and oxygen atoms in total. The van der Waals surface area contributed by atoms with E-state index in [1.54, 1.807) is 40.0 Å². The lowest BCUT2D eigenvalue weighted by atomic mass is 10.1. The van der Waals surface area contributed by atoms with Crippen molar-refractivity contribution in [3.8, 4) is 0 Å². The van der Waals surface area contributed by atoms with Crippen molar-refractivity contribution in [1.82, 2.24) is 4.98 Å². The SMILES string of the molecule is CC(C)(C)OC(=O)C(C)(C)ON=[C]c1csc(N)n1. The molecule has 0 fully saturated rings. The maximum atomic E-state index is 11.9. The minimum Gasteiger partial charge on any atom is -0.457 e. The van der Waals surface area contributed by atoms with Crippen molar-refractivity contribution < 1.29 is 14.4 Å². The van der Waals surface area contributed by atoms with Gasteiger partial charge in [-0.1, -0.05) is 5.16 Å². The van der Waals surface area contributed by atoms with Gasteiger partial charge in [-0.2, -0.15) is 0 Å². The van der Waals surface area contributed by atoms with Crippen LogP contribution in [-0.2, 0) is 14.4 Å². The first kappa shape index (κ1) is 15.4. The predicted octanol–water partition coefficient (Wildman–Crippen LogP) is 2.07. The van der Waals surface area contributed by atoms with Gasteiger partial charge in [0.05, 0.1) is 0 Å². The monoisotopic (exact) mass is 284 g/mol. The molecule has 0 spiro atoms. The van der Waals surface area contributed by atoms with Crippen LogP contribution in [0, 0.1) is 0 Å². The maximum absolute atomic E-state index is 11.9.